The highest BCUT2D eigenvalue weighted by atomic mass is 32.1. The molecule has 120 valence electrons. The van der Waals surface area contributed by atoms with E-state index in [-0.39, 0.29) is 10.9 Å². The molecular formula is C18H14N2O3S. The van der Waals surface area contributed by atoms with Crippen molar-refractivity contribution in [2.45, 2.75) is 6.92 Å². The third-order valence-electron chi connectivity index (χ3n) is 3.54. The minimum atomic E-state index is -0.483. The zero-order valence-corrected chi connectivity index (χ0v) is 13.7. The fourth-order valence-electron chi connectivity index (χ4n) is 2.35. The number of carbonyl (C=O) groups excluding carboxylic acids is 1. The molecule has 1 amide bonds. The highest BCUT2D eigenvalue weighted by molar-refractivity contribution is 7.17. The van der Waals surface area contributed by atoms with Gasteiger partial charge in [0, 0.05) is 11.8 Å². The number of nitro groups is 1. The van der Waals surface area contributed by atoms with E-state index in [1.807, 2.05) is 54.6 Å². The summed E-state index contributed by atoms with van der Waals surface area (Å²) < 4.78 is 0. The van der Waals surface area contributed by atoms with Crippen LogP contribution in [0.5, 0.6) is 0 Å². The lowest BCUT2D eigenvalue weighted by molar-refractivity contribution is -0.380. The Bertz CT molecular complexity index is 886. The summed E-state index contributed by atoms with van der Waals surface area (Å²) in [6.45, 7) is 1.69. The van der Waals surface area contributed by atoms with E-state index in [0.29, 0.717) is 16.1 Å². The number of anilines is 1. The Hall–Kier alpha value is -2.99. The van der Waals surface area contributed by atoms with Crippen LogP contribution in [0.4, 0.5) is 10.7 Å². The first-order valence-corrected chi connectivity index (χ1v) is 8.08. The number of hydrogen-bond donors (Lipinski definition) is 1. The molecule has 3 aromatic rings. The molecule has 6 heteroatoms. The van der Waals surface area contributed by atoms with Crippen LogP contribution in [-0.2, 0) is 0 Å². The molecule has 24 heavy (non-hydrogen) atoms. The summed E-state index contributed by atoms with van der Waals surface area (Å²) in [4.78, 5) is 23.0. The van der Waals surface area contributed by atoms with Gasteiger partial charge in [0.25, 0.3) is 5.91 Å². The summed E-state index contributed by atoms with van der Waals surface area (Å²) in [5.74, 6) is -0.335. The molecule has 0 spiro atoms. The van der Waals surface area contributed by atoms with Gasteiger partial charge in [-0.2, -0.15) is 0 Å². The molecule has 0 fully saturated rings. The van der Waals surface area contributed by atoms with Crippen LogP contribution in [0, 0.1) is 17.0 Å². The van der Waals surface area contributed by atoms with Crippen molar-refractivity contribution in [1.82, 2.24) is 0 Å². The van der Waals surface area contributed by atoms with E-state index in [1.54, 1.807) is 6.92 Å². The molecule has 0 aliphatic rings. The van der Waals surface area contributed by atoms with Crippen molar-refractivity contribution in [1.29, 1.82) is 0 Å². The van der Waals surface area contributed by atoms with Gasteiger partial charge >= 0.3 is 5.00 Å². The number of nitrogens with zero attached hydrogens (tertiary/aromatic N) is 1. The molecule has 1 heterocycles. The quantitative estimate of drug-likeness (QED) is 0.544. The van der Waals surface area contributed by atoms with E-state index in [9.17, 15) is 14.9 Å². The average Bonchev–Trinajstić information content (AvgIpc) is 2.99. The Morgan fingerprint density at radius 2 is 1.67 bits per heavy atom. The van der Waals surface area contributed by atoms with Crippen molar-refractivity contribution in [2.75, 3.05) is 5.32 Å². The highest BCUT2D eigenvalue weighted by Crippen LogP contribution is 2.29. The number of benzene rings is 2. The maximum atomic E-state index is 12.3. The van der Waals surface area contributed by atoms with Crippen molar-refractivity contribution in [3.63, 3.8) is 0 Å². The smallest absolute Gasteiger partial charge is 0.321 e. The van der Waals surface area contributed by atoms with Crippen LogP contribution in [0.2, 0.25) is 0 Å². The second-order valence-corrected chi connectivity index (χ2v) is 6.28. The summed E-state index contributed by atoms with van der Waals surface area (Å²) in [5.41, 5.74) is 3.40. The van der Waals surface area contributed by atoms with Crippen molar-refractivity contribution in [3.05, 3.63) is 81.2 Å². The fraction of sp³-hybridized carbons (Fsp3) is 0.0556. The Morgan fingerprint density at radius 1 is 1.04 bits per heavy atom. The number of aryl methyl sites for hydroxylation is 1. The molecule has 3 rings (SSSR count). The first kappa shape index (κ1) is 15.9. The number of carbonyl (C=O) groups is 1. The molecule has 1 aromatic heterocycles. The van der Waals surface area contributed by atoms with E-state index in [2.05, 4.69) is 5.32 Å². The van der Waals surface area contributed by atoms with Gasteiger partial charge < -0.3 is 5.32 Å². The van der Waals surface area contributed by atoms with E-state index in [4.69, 9.17) is 0 Å². The molecule has 5 nitrogen and oxygen atoms in total. The molecule has 0 aliphatic heterocycles. The molecule has 0 bridgehead atoms. The van der Waals surface area contributed by atoms with Crippen molar-refractivity contribution in [3.8, 4) is 11.1 Å². The minimum absolute atomic E-state index is 0.0305. The SMILES string of the molecule is Cc1cc([N+](=O)[O-])sc1C(=O)Nc1ccc(-c2ccccc2)cc1. The van der Waals surface area contributed by atoms with Crippen LogP contribution >= 0.6 is 11.3 Å². The molecule has 0 atom stereocenters. The maximum Gasteiger partial charge on any atom is 0.325 e. The maximum absolute atomic E-state index is 12.3. The first-order chi connectivity index (χ1) is 11.5. The Kier molecular flexibility index (Phi) is 4.39. The van der Waals surface area contributed by atoms with Gasteiger partial charge in [-0.25, -0.2) is 0 Å². The van der Waals surface area contributed by atoms with E-state index in [1.165, 1.54) is 6.07 Å². The lowest BCUT2D eigenvalue weighted by Crippen LogP contribution is -2.11. The van der Waals surface area contributed by atoms with Crippen LogP contribution in [0.3, 0.4) is 0 Å². The highest BCUT2D eigenvalue weighted by Gasteiger charge is 2.19. The van der Waals surface area contributed by atoms with E-state index in [0.717, 1.165) is 22.5 Å². The Labute approximate surface area is 142 Å². The zero-order chi connectivity index (χ0) is 17.1. The van der Waals surface area contributed by atoms with Gasteiger partial charge in [0.1, 0.15) is 4.88 Å². The summed E-state index contributed by atoms with van der Waals surface area (Å²) in [5, 5.41) is 13.6. The predicted octanol–water partition coefficient (Wildman–Crippen LogP) is 4.88. The van der Waals surface area contributed by atoms with E-state index < -0.39 is 4.92 Å². The second kappa shape index (κ2) is 6.64. The van der Waals surface area contributed by atoms with Gasteiger partial charge in [0.05, 0.1) is 4.92 Å². The van der Waals surface area contributed by atoms with Gasteiger partial charge in [0.2, 0.25) is 0 Å². The lowest BCUT2D eigenvalue weighted by atomic mass is 10.1. The lowest BCUT2D eigenvalue weighted by Gasteiger charge is -2.06. The average molecular weight is 338 g/mol. The summed E-state index contributed by atoms with van der Waals surface area (Å²) in [6.07, 6.45) is 0. The molecule has 0 saturated carbocycles. The summed E-state index contributed by atoms with van der Waals surface area (Å²) in [7, 11) is 0. The largest absolute Gasteiger partial charge is 0.325 e. The Morgan fingerprint density at radius 3 is 2.25 bits per heavy atom. The molecule has 1 N–H and O–H groups in total. The van der Waals surface area contributed by atoms with Gasteiger partial charge in [-0.05, 0) is 35.7 Å². The standard InChI is InChI=1S/C18H14N2O3S/c1-12-11-16(20(22)23)24-17(12)18(21)19-15-9-7-14(8-10-15)13-5-3-2-4-6-13/h2-11H,1H3,(H,19,21). The monoisotopic (exact) mass is 338 g/mol. The minimum Gasteiger partial charge on any atom is -0.321 e. The molecule has 2 aromatic carbocycles. The third-order valence-corrected chi connectivity index (χ3v) is 4.73. The van der Waals surface area contributed by atoms with Gasteiger partial charge in [-0.1, -0.05) is 53.8 Å². The number of hydrogen-bond acceptors (Lipinski definition) is 4. The number of amides is 1. The molecule has 0 aliphatic carbocycles. The summed E-state index contributed by atoms with van der Waals surface area (Å²) in [6, 6.07) is 18.8. The van der Waals surface area contributed by atoms with Gasteiger partial charge in [0.15, 0.2) is 0 Å². The molecule has 0 unspecified atom stereocenters. The molecular weight excluding hydrogens is 324 g/mol. The first-order valence-electron chi connectivity index (χ1n) is 7.26. The number of rotatable bonds is 4. The van der Waals surface area contributed by atoms with Crippen molar-refractivity contribution >= 4 is 27.9 Å². The molecule has 0 saturated heterocycles. The van der Waals surface area contributed by atoms with Gasteiger partial charge in [-0.15, -0.1) is 0 Å². The topological polar surface area (TPSA) is 72.2 Å². The van der Waals surface area contributed by atoms with Crippen LogP contribution in [0.15, 0.2) is 60.7 Å². The predicted molar refractivity (Wildman–Crippen MR) is 95.5 cm³/mol. The summed E-state index contributed by atoms with van der Waals surface area (Å²) >= 11 is 0.884. The van der Waals surface area contributed by atoms with Crippen LogP contribution in [0.25, 0.3) is 11.1 Å². The normalized spacial score (nSPS) is 10.4. The van der Waals surface area contributed by atoms with Crippen LogP contribution in [-0.4, -0.2) is 10.8 Å². The third kappa shape index (κ3) is 3.33. The van der Waals surface area contributed by atoms with Crippen LogP contribution in [0.1, 0.15) is 15.2 Å². The van der Waals surface area contributed by atoms with Crippen molar-refractivity contribution in [2.24, 2.45) is 0 Å². The number of thiophene rings is 1. The van der Waals surface area contributed by atoms with Gasteiger partial charge in [-0.3, -0.25) is 14.9 Å². The fourth-order valence-corrected chi connectivity index (χ4v) is 3.23. The van der Waals surface area contributed by atoms with E-state index >= 15 is 0 Å². The molecule has 0 radical (unpaired) electrons. The number of nitrogens with one attached hydrogen (secondary N) is 1. The van der Waals surface area contributed by atoms with Crippen molar-refractivity contribution < 1.29 is 9.72 Å². The van der Waals surface area contributed by atoms with Crippen LogP contribution < -0.4 is 5.32 Å². The zero-order valence-electron chi connectivity index (χ0n) is 12.9. The Balaban J connectivity index is 1.76. The second-order valence-electron chi connectivity index (χ2n) is 5.25.